The van der Waals surface area contributed by atoms with Crippen LogP contribution in [0.3, 0.4) is 0 Å². The first-order chi connectivity index (χ1) is 10.1. The summed E-state index contributed by atoms with van der Waals surface area (Å²) in [5.41, 5.74) is 4.16. The van der Waals surface area contributed by atoms with Crippen LogP contribution in [0, 0.1) is 5.92 Å². The number of benzene rings is 1. The Morgan fingerprint density at radius 3 is 2.48 bits per heavy atom. The van der Waals surface area contributed by atoms with Gasteiger partial charge in [-0.2, -0.15) is 0 Å². The van der Waals surface area contributed by atoms with E-state index >= 15 is 0 Å². The van der Waals surface area contributed by atoms with E-state index in [-0.39, 0.29) is 6.10 Å². The first-order valence-electron chi connectivity index (χ1n) is 8.08. The minimum atomic E-state index is 0.206. The smallest absolute Gasteiger partial charge is 0.0893 e. The highest BCUT2D eigenvalue weighted by molar-refractivity contribution is 5.23. The van der Waals surface area contributed by atoms with Crippen LogP contribution in [0.5, 0.6) is 0 Å². The molecule has 3 unspecified atom stereocenters. The Bertz CT molecular complexity index is 494. The summed E-state index contributed by atoms with van der Waals surface area (Å²) in [6, 6.07) is 10.7. The molecule has 0 N–H and O–H groups in total. The van der Waals surface area contributed by atoms with Crippen molar-refractivity contribution in [3.63, 3.8) is 0 Å². The summed E-state index contributed by atoms with van der Waals surface area (Å²) >= 11 is 0. The Labute approximate surface area is 129 Å². The fraction of sp³-hybridized carbons (Fsp3) is 0.500. The molecule has 0 aliphatic carbocycles. The second-order valence-corrected chi connectivity index (χ2v) is 6.43. The lowest BCUT2D eigenvalue weighted by atomic mass is 9.82. The molecule has 0 spiro atoms. The van der Waals surface area contributed by atoms with E-state index in [9.17, 15) is 0 Å². The largest absolute Gasteiger partial charge is 0.370 e. The number of hydrogen-bond acceptors (Lipinski definition) is 1. The van der Waals surface area contributed by atoms with Crippen LogP contribution in [0.15, 0.2) is 53.6 Å². The van der Waals surface area contributed by atoms with Gasteiger partial charge < -0.3 is 4.74 Å². The lowest BCUT2D eigenvalue weighted by Crippen LogP contribution is -2.28. The number of ether oxygens (including phenoxy) is 1. The van der Waals surface area contributed by atoms with E-state index in [1.807, 2.05) is 0 Å². The molecule has 0 bridgehead atoms. The number of rotatable bonds is 4. The summed E-state index contributed by atoms with van der Waals surface area (Å²) < 4.78 is 6.28. The summed E-state index contributed by atoms with van der Waals surface area (Å²) in [6.07, 6.45) is 8.62. The van der Waals surface area contributed by atoms with Gasteiger partial charge in [0.05, 0.1) is 12.2 Å². The van der Waals surface area contributed by atoms with E-state index in [4.69, 9.17) is 4.74 Å². The first kappa shape index (κ1) is 16.0. The molecule has 0 aromatic heterocycles. The van der Waals surface area contributed by atoms with Crippen molar-refractivity contribution < 1.29 is 4.74 Å². The molecule has 3 atom stereocenters. The van der Waals surface area contributed by atoms with E-state index < -0.39 is 0 Å². The van der Waals surface area contributed by atoms with Crippen LogP contribution < -0.4 is 0 Å². The Hall–Kier alpha value is -1.34. The van der Waals surface area contributed by atoms with Gasteiger partial charge in [0.1, 0.15) is 0 Å². The highest BCUT2D eigenvalue weighted by atomic mass is 16.5. The minimum absolute atomic E-state index is 0.206. The fourth-order valence-electron chi connectivity index (χ4n) is 3.03. The van der Waals surface area contributed by atoms with Gasteiger partial charge in [-0.1, -0.05) is 53.6 Å². The first-order valence-corrected chi connectivity index (χ1v) is 8.08. The maximum absolute atomic E-state index is 6.28. The average Bonchev–Trinajstić information content (AvgIpc) is 2.47. The summed E-state index contributed by atoms with van der Waals surface area (Å²) in [4.78, 5) is 0. The molecule has 1 aliphatic heterocycles. The van der Waals surface area contributed by atoms with Gasteiger partial charge in [0, 0.05) is 5.92 Å². The van der Waals surface area contributed by atoms with Gasteiger partial charge in [-0.3, -0.25) is 0 Å². The van der Waals surface area contributed by atoms with E-state index in [0.717, 1.165) is 12.8 Å². The van der Waals surface area contributed by atoms with Crippen molar-refractivity contribution in [1.29, 1.82) is 0 Å². The molecule has 1 saturated heterocycles. The molecule has 1 heteroatoms. The van der Waals surface area contributed by atoms with Crippen LogP contribution in [0.25, 0.3) is 0 Å². The Kier molecular flexibility index (Phi) is 5.81. The van der Waals surface area contributed by atoms with Crippen LogP contribution in [-0.4, -0.2) is 6.10 Å². The third kappa shape index (κ3) is 4.57. The van der Waals surface area contributed by atoms with Gasteiger partial charge in [0.25, 0.3) is 0 Å². The van der Waals surface area contributed by atoms with E-state index in [2.05, 4.69) is 70.2 Å². The maximum Gasteiger partial charge on any atom is 0.0893 e. The van der Waals surface area contributed by atoms with E-state index in [1.54, 1.807) is 0 Å². The Morgan fingerprint density at radius 1 is 1.10 bits per heavy atom. The van der Waals surface area contributed by atoms with Crippen LogP contribution in [0.2, 0.25) is 0 Å². The molecule has 0 radical (unpaired) electrons. The molecule has 1 nitrogen and oxygen atoms in total. The highest BCUT2D eigenvalue weighted by Crippen LogP contribution is 2.40. The minimum Gasteiger partial charge on any atom is -0.370 e. The monoisotopic (exact) mass is 284 g/mol. The fourth-order valence-corrected chi connectivity index (χ4v) is 3.03. The zero-order valence-corrected chi connectivity index (χ0v) is 13.8. The summed E-state index contributed by atoms with van der Waals surface area (Å²) in [7, 11) is 0. The zero-order chi connectivity index (χ0) is 15.2. The van der Waals surface area contributed by atoms with Crippen molar-refractivity contribution in [3.05, 3.63) is 59.2 Å². The lowest BCUT2D eigenvalue weighted by Gasteiger charge is -2.36. The molecule has 1 aliphatic rings. The average molecular weight is 284 g/mol. The van der Waals surface area contributed by atoms with Crippen LogP contribution in [-0.2, 0) is 4.74 Å². The zero-order valence-electron chi connectivity index (χ0n) is 13.8. The normalized spacial score (nSPS) is 26.5. The van der Waals surface area contributed by atoms with E-state index in [1.165, 1.54) is 23.1 Å². The molecule has 2 rings (SSSR count). The molecule has 1 heterocycles. The lowest BCUT2D eigenvalue weighted by molar-refractivity contribution is -0.0673. The topological polar surface area (TPSA) is 9.23 Å². The second-order valence-electron chi connectivity index (χ2n) is 6.43. The van der Waals surface area contributed by atoms with Crippen molar-refractivity contribution in [2.45, 2.75) is 59.2 Å². The Balaban J connectivity index is 2.17. The van der Waals surface area contributed by atoms with Gasteiger partial charge in [0.2, 0.25) is 0 Å². The molecule has 0 amide bonds. The molecule has 21 heavy (non-hydrogen) atoms. The van der Waals surface area contributed by atoms with Gasteiger partial charge in [0.15, 0.2) is 0 Å². The Morgan fingerprint density at radius 2 is 1.81 bits per heavy atom. The third-order valence-corrected chi connectivity index (χ3v) is 4.31. The van der Waals surface area contributed by atoms with Gasteiger partial charge in [-0.25, -0.2) is 0 Å². The molecule has 1 aromatic rings. The quantitative estimate of drug-likeness (QED) is 0.631. The third-order valence-electron chi connectivity index (χ3n) is 4.31. The molecular weight excluding hydrogens is 256 g/mol. The van der Waals surface area contributed by atoms with Crippen LogP contribution >= 0.6 is 0 Å². The number of hydrogen-bond donors (Lipinski definition) is 0. The molecule has 114 valence electrons. The van der Waals surface area contributed by atoms with Gasteiger partial charge in [-0.15, -0.1) is 0 Å². The highest BCUT2D eigenvalue weighted by Gasteiger charge is 2.31. The maximum atomic E-state index is 6.28. The second kappa shape index (κ2) is 7.61. The van der Waals surface area contributed by atoms with Crippen LogP contribution in [0.4, 0.5) is 0 Å². The molecule has 0 saturated carbocycles. The predicted molar refractivity (Wildman–Crippen MR) is 90.3 cm³/mol. The summed E-state index contributed by atoms with van der Waals surface area (Å²) in [6.45, 7) is 8.76. The van der Waals surface area contributed by atoms with E-state index in [0.29, 0.717) is 12.0 Å². The van der Waals surface area contributed by atoms with Gasteiger partial charge >= 0.3 is 0 Å². The van der Waals surface area contributed by atoms with Crippen molar-refractivity contribution in [2.75, 3.05) is 0 Å². The predicted octanol–water partition coefficient (Wildman–Crippen LogP) is 5.85. The molecule has 1 aromatic carbocycles. The summed E-state index contributed by atoms with van der Waals surface area (Å²) in [5, 5.41) is 0. The van der Waals surface area contributed by atoms with Crippen molar-refractivity contribution in [1.82, 2.24) is 0 Å². The summed E-state index contributed by atoms with van der Waals surface area (Å²) in [5.74, 6) is 0.508. The van der Waals surface area contributed by atoms with Crippen molar-refractivity contribution in [2.24, 2.45) is 5.92 Å². The number of allylic oxidation sites excluding steroid dienone is 3. The SMILES string of the molecule is CC(C)=CC/C=C(\C)C1CCC(C)OC1c1ccccc1. The molecular formula is C20H28O. The molecule has 1 fully saturated rings. The van der Waals surface area contributed by atoms with Crippen LogP contribution in [0.1, 0.15) is 58.6 Å². The van der Waals surface area contributed by atoms with Crippen molar-refractivity contribution >= 4 is 0 Å². The van der Waals surface area contributed by atoms with Crippen molar-refractivity contribution in [3.8, 4) is 0 Å². The van der Waals surface area contributed by atoms with Gasteiger partial charge in [-0.05, 0) is 52.5 Å². The standard InChI is InChI=1S/C20H28O/c1-15(2)9-8-10-16(3)19-14-13-17(4)21-20(19)18-11-6-5-7-12-18/h5-7,9-12,17,19-20H,8,13-14H2,1-4H3/b16-10+.